The molecule has 1 aromatic carbocycles. The third-order valence-corrected chi connectivity index (χ3v) is 6.61. The van der Waals surface area contributed by atoms with Crippen molar-refractivity contribution >= 4 is 29.0 Å². The molecule has 8 nitrogen and oxygen atoms in total. The minimum Gasteiger partial charge on any atom is -0.399 e. The molecule has 2 aromatic rings. The van der Waals surface area contributed by atoms with Gasteiger partial charge in [-0.25, -0.2) is 9.97 Å². The molecule has 0 aliphatic carbocycles. The maximum absolute atomic E-state index is 13.4. The molecule has 2 fully saturated rings. The number of halogens is 4. The van der Waals surface area contributed by atoms with Crippen LogP contribution in [0.2, 0.25) is 5.28 Å². The first-order valence-electron chi connectivity index (χ1n) is 10.9. The van der Waals surface area contributed by atoms with E-state index in [0.29, 0.717) is 48.6 Å². The molecule has 2 saturated heterocycles. The predicted molar refractivity (Wildman–Crippen MR) is 117 cm³/mol. The highest BCUT2D eigenvalue weighted by atomic mass is 35.5. The zero-order chi connectivity index (χ0) is 24.1. The normalized spacial score (nSPS) is 24.1. The number of nitrogen functional groups attached to an aromatic ring is 1. The van der Waals surface area contributed by atoms with E-state index >= 15 is 0 Å². The molecule has 2 bridgehead atoms. The molecule has 5 rings (SSSR count). The van der Waals surface area contributed by atoms with Crippen molar-refractivity contribution in [1.82, 2.24) is 14.9 Å². The Morgan fingerprint density at radius 1 is 1.32 bits per heavy atom. The summed E-state index contributed by atoms with van der Waals surface area (Å²) < 4.78 is 51.1. The molecular formula is C22H23ClF3N5O3. The number of rotatable bonds is 4. The van der Waals surface area contributed by atoms with Crippen LogP contribution in [0.4, 0.5) is 24.7 Å². The van der Waals surface area contributed by atoms with Crippen LogP contribution in [-0.2, 0) is 40.0 Å². The number of hydrogen-bond donors (Lipinski definition) is 2. The van der Waals surface area contributed by atoms with Crippen LogP contribution in [0.15, 0.2) is 18.2 Å². The van der Waals surface area contributed by atoms with Crippen LogP contribution in [0.5, 0.6) is 0 Å². The van der Waals surface area contributed by atoms with Crippen molar-refractivity contribution in [2.24, 2.45) is 0 Å². The van der Waals surface area contributed by atoms with Gasteiger partial charge in [0.1, 0.15) is 5.82 Å². The number of hydrogen-bond acceptors (Lipinski definition) is 7. The molecule has 1 amide bonds. The van der Waals surface area contributed by atoms with Gasteiger partial charge in [0, 0.05) is 37.2 Å². The number of nitrogens with two attached hydrogens (primary N) is 1. The first-order chi connectivity index (χ1) is 16.1. The van der Waals surface area contributed by atoms with E-state index in [2.05, 4.69) is 15.3 Å². The van der Waals surface area contributed by atoms with Gasteiger partial charge < -0.3 is 25.4 Å². The number of aromatic nitrogens is 2. The maximum Gasteiger partial charge on any atom is 0.416 e. The fourth-order valence-electron chi connectivity index (χ4n) is 4.78. The van der Waals surface area contributed by atoms with E-state index in [-0.39, 0.29) is 42.7 Å². The zero-order valence-electron chi connectivity index (χ0n) is 18.1. The lowest BCUT2D eigenvalue weighted by Gasteiger charge is -2.37. The highest BCUT2D eigenvalue weighted by Crippen LogP contribution is 2.37. The van der Waals surface area contributed by atoms with Crippen LogP contribution >= 0.6 is 11.6 Å². The van der Waals surface area contributed by atoms with Gasteiger partial charge in [0.05, 0.1) is 37.1 Å². The van der Waals surface area contributed by atoms with Crippen molar-refractivity contribution in [2.75, 3.05) is 30.8 Å². The summed E-state index contributed by atoms with van der Waals surface area (Å²) in [6.07, 6.45) is -2.69. The van der Waals surface area contributed by atoms with Crippen LogP contribution in [0.1, 0.15) is 35.2 Å². The number of amides is 1. The molecule has 3 aliphatic heterocycles. The summed E-state index contributed by atoms with van der Waals surface area (Å²) in [5.41, 5.74) is 5.59. The van der Waals surface area contributed by atoms with Crippen molar-refractivity contribution in [2.45, 2.75) is 50.2 Å². The number of fused-ring (bicyclic) bond motifs is 3. The standard InChI is InChI=1S/C22H23ClF3N5O3/c23-20-29-17-1-3-31(19(32)21-8-15(33-11-21)2-4-34-21)10-16(17)18(30-20)28-9-12-5-13(22(24,25)26)7-14(27)6-12/h5-7,15H,1-4,8-11,27H2,(H,28,29,30). The number of benzene rings is 1. The molecule has 1 aromatic heterocycles. The second kappa shape index (κ2) is 8.54. The Hall–Kier alpha value is -2.63. The molecule has 3 aliphatic rings. The molecule has 12 heteroatoms. The summed E-state index contributed by atoms with van der Waals surface area (Å²) in [4.78, 5) is 23.6. The Bertz CT molecular complexity index is 1130. The van der Waals surface area contributed by atoms with Crippen molar-refractivity contribution in [3.05, 3.63) is 45.9 Å². The highest BCUT2D eigenvalue weighted by molar-refractivity contribution is 6.28. The second-order valence-corrected chi connectivity index (χ2v) is 9.16. The second-order valence-electron chi connectivity index (χ2n) is 8.83. The van der Waals surface area contributed by atoms with E-state index in [1.807, 2.05) is 0 Å². The van der Waals surface area contributed by atoms with Crippen molar-refractivity contribution in [3.63, 3.8) is 0 Å². The first kappa shape index (κ1) is 23.1. The monoisotopic (exact) mass is 497 g/mol. The number of alkyl halides is 3. The van der Waals surface area contributed by atoms with Crippen molar-refractivity contribution in [1.29, 1.82) is 0 Å². The average Bonchev–Trinajstić information content (AvgIpc) is 3.10. The quantitative estimate of drug-likeness (QED) is 0.494. The highest BCUT2D eigenvalue weighted by Gasteiger charge is 2.52. The average molecular weight is 498 g/mol. The van der Waals surface area contributed by atoms with Gasteiger partial charge >= 0.3 is 6.18 Å². The minimum atomic E-state index is -4.51. The molecule has 2 atom stereocenters. The Balaban J connectivity index is 1.37. The van der Waals surface area contributed by atoms with E-state index in [9.17, 15) is 18.0 Å². The van der Waals surface area contributed by atoms with Gasteiger partial charge in [0.15, 0.2) is 5.60 Å². The van der Waals surface area contributed by atoms with Crippen LogP contribution in [0, 0.1) is 0 Å². The van der Waals surface area contributed by atoms with Gasteiger partial charge in [-0.1, -0.05) is 0 Å². The topological polar surface area (TPSA) is 103 Å². The molecule has 4 heterocycles. The fourth-order valence-corrected chi connectivity index (χ4v) is 4.97. The third-order valence-electron chi connectivity index (χ3n) is 6.44. The number of carbonyl (C=O) groups excluding carboxylic acids is 1. The van der Waals surface area contributed by atoms with Gasteiger partial charge in [-0.05, 0) is 41.8 Å². The van der Waals surface area contributed by atoms with E-state index < -0.39 is 17.3 Å². The van der Waals surface area contributed by atoms with Crippen LogP contribution < -0.4 is 11.1 Å². The Labute approximate surface area is 198 Å². The lowest BCUT2D eigenvalue weighted by Crippen LogP contribution is -2.54. The summed E-state index contributed by atoms with van der Waals surface area (Å²) in [6, 6.07) is 3.38. The summed E-state index contributed by atoms with van der Waals surface area (Å²) >= 11 is 6.10. The lowest BCUT2D eigenvalue weighted by molar-refractivity contribution is -0.160. The lowest BCUT2D eigenvalue weighted by atomic mass is 9.93. The van der Waals surface area contributed by atoms with Gasteiger partial charge in [-0.2, -0.15) is 13.2 Å². The van der Waals surface area contributed by atoms with Crippen molar-refractivity contribution < 1.29 is 27.4 Å². The van der Waals surface area contributed by atoms with Crippen LogP contribution in [-0.4, -0.2) is 52.2 Å². The molecule has 182 valence electrons. The van der Waals surface area contributed by atoms with E-state index in [0.717, 1.165) is 18.6 Å². The summed E-state index contributed by atoms with van der Waals surface area (Å²) in [5, 5.41) is 3.07. The number of nitrogens with zero attached hydrogens (tertiary/aromatic N) is 3. The van der Waals surface area contributed by atoms with Crippen molar-refractivity contribution in [3.8, 4) is 0 Å². The Morgan fingerprint density at radius 2 is 2.15 bits per heavy atom. The van der Waals surface area contributed by atoms with E-state index in [4.69, 9.17) is 26.8 Å². The first-order valence-corrected chi connectivity index (χ1v) is 11.3. The number of nitrogens with one attached hydrogen (secondary N) is 1. The Kier molecular flexibility index (Phi) is 5.81. The summed E-state index contributed by atoms with van der Waals surface area (Å²) in [7, 11) is 0. The van der Waals surface area contributed by atoms with Gasteiger partial charge in [-0.15, -0.1) is 0 Å². The van der Waals surface area contributed by atoms with Gasteiger partial charge in [0.2, 0.25) is 5.28 Å². The smallest absolute Gasteiger partial charge is 0.399 e. The number of anilines is 2. The largest absolute Gasteiger partial charge is 0.416 e. The SMILES string of the molecule is Nc1cc(CNc2nc(Cl)nc3c2CN(C(=O)C24COC(CCO2)C4)CC3)cc(C(F)(F)F)c1. The molecule has 34 heavy (non-hydrogen) atoms. The zero-order valence-corrected chi connectivity index (χ0v) is 18.9. The summed E-state index contributed by atoms with van der Waals surface area (Å²) in [5.74, 6) is 0.234. The summed E-state index contributed by atoms with van der Waals surface area (Å²) in [6.45, 7) is 1.42. The molecule has 0 saturated carbocycles. The van der Waals surface area contributed by atoms with Crippen LogP contribution in [0.25, 0.3) is 0 Å². The van der Waals surface area contributed by atoms with E-state index in [1.54, 1.807) is 4.90 Å². The maximum atomic E-state index is 13.4. The van der Waals surface area contributed by atoms with E-state index in [1.165, 1.54) is 6.07 Å². The number of ether oxygens (including phenoxy) is 2. The van der Waals surface area contributed by atoms with Gasteiger partial charge in [-0.3, -0.25) is 4.79 Å². The Morgan fingerprint density at radius 3 is 2.94 bits per heavy atom. The number of carbonyl (C=O) groups is 1. The molecular weight excluding hydrogens is 475 g/mol. The molecule has 0 radical (unpaired) electrons. The van der Waals surface area contributed by atoms with Gasteiger partial charge in [0.25, 0.3) is 5.91 Å². The molecule has 3 N–H and O–H groups in total. The molecule has 2 unspecified atom stereocenters. The third kappa shape index (κ3) is 4.39. The minimum absolute atomic E-state index is 0.00923. The fraction of sp³-hybridized carbons (Fsp3) is 0.500. The van der Waals surface area contributed by atoms with Crippen LogP contribution in [0.3, 0.4) is 0 Å². The predicted octanol–water partition coefficient (Wildman–Crippen LogP) is 3.18. The molecule has 0 spiro atoms.